The van der Waals surface area contributed by atoms with E-state index in [1.807, 2.05) is 49.6 Å². The minimum atomic E-state index is -1.09. The Morgan fingerprint density at radius 2 is 1.62 bits per heavy atom. The number of hydrogen-bond acceptors (Lipinski definition) is 5. The number of alkyl carbamates (subject to hydrolysis) is 1. The molecule has 3 rings (SSSR count). The van der Waals surface area contributed by atoms with E-state index >= 15 is 0 Å². The van der Waals surface area contributed by atoms with Gasteiger partial charge in [0.15, 0.2) is 0 Å². The van der Waals surface area contributed by atoms with Crippen molar-refractivity contribution in [2.24, 2.45) is 5.92 Å². The van der Waals surface area contributed by atoms with Crippen LogP contribution in [0.5, 0.6) is 0 Å². The molecule has 34 heavy (non-hydrogen) atoms. The van der Waals surface area contributed by atoms with Crippen molar-refractivity contribution in [2.75, 3.05) is 18.6 Å². The van der Waals surface area contributed by atoms with Gasteiger partial charge in [-0.3, -0.25) is 4.79 Å². The number of carbonyl (C=O) groups excluding carboxylic acids is 2. The monoisotopic (exact) mass is 484 g/mol. The minimum absolute atomic E-state index is 0.0848. The molecule has 0 heterocycles. The van der Waals surface area contributed by atoms with Crippen molar-refractivity contribution in [3.05, 3.63) is 59.7 Å². The first-order valence-corrected chi connectivity index (χ1v) is 12.9. The second kappa shape index (κ2) is 11.9. The Labute approximate surface area is 204 Å². The first-order chi connectivity index (χ1) is 16.4. The Morgan fingerprint density at radius 3 is 2.15 bits per heavy atom. The zero-order chi connectivity index (χ0) is 24.7. The van der Waals surface area contributed by atoms with E-state index in [4.69, 9.17) is 4.74 Å². The molecule has 0 saturated heterocycles. The van der Waals surface area contributed by atoms with E-state index in [0.29, 0.717) is 18.6 Å². The Balaban J connectivity index is 1.66. The number of rotatable bonds is 11. The van der Waals surface area contributed by atoms with E-state index in [1.54, 1.807) is 18.7 Å². The van der Waals surface area contributed by atoms with Gasteiger partial charge in [-0.05, 0) is 46.6 Å². The largest absolute Gasteiger partial charge is 0.480 e. The molecular weight excluding hydrogens is 452 g/mol. The second-order valence-corrected chi connectivity index (χ2v) is 9.50. The van der Waals surface area contributed by atoms with Gasteiger partial charge in [-0.15, -0.1) is 0 Å². The lowest BCUT2D eigenvalue weighted by atomic mass is 9.98. The number of carboxylic acid groups (broad SMARTS) is 1. The summed E-state index contributed by atoms with van der Waals surface area (Å²) in [5, 5.41) is 14.7. The molecule has 0 radical (unpaired) electrons. The van der Waals surface area contributed by atoms with Gasteiger partial charge >= 0.3 is 12.1 Å². The van der Waals surface area contributed by atoms with Gasteiger partial charge in [-0.1, -0.05) is 68.8 Å². The number of carbonyl (C=O) groups is 3. The zero-order valence-electron chi connectivity index (χ0n) is 19.7. The number of carboxylic acids is 1. The minimum Gasteiger partial charge on any atom is -0.480 e. The lowest BCUT2D eigenvalue weighted by molar-refractivity contribution is -0.143. The van der Waals surface area contributed by atoms with Crippen LogP contribution in [0.15, 0.2) is 48.5 Å². The molecular formula is C26H32N2O5S. The molecule has 0 aromatic heterocycles. The van der Waals surface area contributed by atoms with E-state index in [-0.39, 0.29) is 18.4 Å². The van der Waals surface area contributed by atoms with Gasteiger partial charge in [-0.25, -0.2) is 9.59 Å². The van der Waals surface area contributed by atoms with Gasteiger partial charge in [0.2, 0.25) is 5.91 Å². The third kappa shape index (κ3) is 5.91. The summed E-state index contributed by atoms with van der Waals surface area (Å²) >= 11 is 1.54. The first-order valence-electron chi connectivity index (χ1n) is 11.5. The topological polar surface area (TPSA) is 105 Å². The Bertz CT molecular complexity index is 982. The standard InChI is InChI=1S/C26H32N2O5S/c1-4-16(2)23(25(30)31)28-24(29)22(13-14-34-3)27-26(32)33-15-21-19-11-7-5-9-17(19)18-10-6-8-12-20(18)21/h5-12,16,21-23H,4,13-15H2,1-3H3,(H,27,32)(H,28,29)(H,30,31)/t16-,22+,23-/m0/s1. The van der Waals surface area contributed by atoms with Crippen molar-refractivity contribution in [2.45, 2.75) is 44.7 Å². The summed E-state index contributed by atoms with van der Waals surface area (Å²) in [5.41, 5.74) is 4.47. The molecule has 3 N–H and O–H groups in total. The average molecular weight is 485 g/mol. The molecule has 0 spiro atoms. The predicted octanol–water partition coefficient (Wildman–Crippen LogP) is 4.26. The van der Waals surface area contributed by atoms with E-state index in [2.05, 4.69) is 22.8 Å². The molecule has 0 aliphatic heterocycles. The van der Waals surface area contributed by atoms with E-state index in [0.717, 1.165) is 22.3 Å². The van der Waals surface area contributed by atoms with Crippen LogP contribution in [0.4, 0.5) is 4.79 Å². The smallest absolute Gasteiger partial charge is 0.407 e. The Hall–Kier alpha value is -3.00. The second-order valence-electron chi connectivity index (χ2n) is 8.51. The van der Waals surface area contributed by atoms with Crippen LogP contribution < -0.4 is 10.6 Å². The number of aliphatic carboxylic acids is 1. The number of amides is 2. The summed E-state index contributed by atoms with van der Waals surface area (Å²) in [6, 6.07) is 14.2. The van der Waals surface area contributed by atoms with Crippen LogP contribution in [-0.4, -0.2) is 53.8 Å². The molecule has 0 unspecified atom stereocenters. The van der Waals surface area contributed by atoms with E-state index < -0.39 is 30.1 Å². The van der Waals surface area contributed by atoms with Gasteiger partial charge in [0.1, 0.15) is 18.7 Å². The van der Waals surface area contributed by atoms with Crippen LogP contribution in [0.3, 0.4) is 0 Å². The zero-order valence-corrected chi connectivity index (χ0v) is 20.6. The number of ether oxygens (including phenoxy) is 1. The Kier molecular flexibility index (Phi) is 8.98. The van der Waals surface area contributed by atoms with Gasteiger partial charge in [-0.2, -0.15) is 11.8 Å². The van der Waals surface area contributed by atoms with Crippen molar-refractivity contribution >= 4 is 29.7 Å². The lowest BCUT2D eigenvalue weighted by Gasteiger charge is -2.24. The van der Waals surface area contributed by atoms with Crippen LogP contribution in [0, 0.1) is 5.92 Å². The van der Waals surface area contributed by atoms with Crippen LogP contribution in [-0.2, 0) is 14.3 Å². The summed E-state index contributed by atoms with van der Waals surface area (Å²) in [7, 11) is 0. The highest BCUT2D eigenvalue weighted by Gasteiger charge is 2.31. The molecule has 2 aromatic carbocycles. The third-order valence-corrected chi connectivity index (χ3v) is 6.98. The number of benzene rings is 2. The fourth-order valence-electron chi connectivity index (χ4n) is 4.22. The molecule has 0 fully saturated rings. The lowest BCUT2D eigenvalue weighted by Crippen LogP contribution is -2.53. The van der Waals surface area contributed by atoms with Crippen LogP contribution in [0.2, 0.25) is 0 Å². The molecule has 3 atom stereocenters. The maximum atomic E-state index is 12.9. The highest BCUT2D eigenvalue weighted by molar-refractivity contribution is 7.98. The summed E-state index contributed by atoms with van der Waals surface area (Å²) in [6.07, 6.45) is 2.18. The first kappa shape index (κ1) is 25.6. The van der Waals surface area contributed by atoms with Crippen molar-refractivity contribution in [3.8, 4) is 11.1 Å². The molecule has 1 aliphatic carbocycles. The highest BCUT2D eigenvalue weighted by atomic mass is 32.2. The molecule has 2 aromatic rings. The van der Waals surface area contributed by atoms with Gasteiger partial charge < -0.3 is 20.5 Å². The molecule has 7 nitrogen and oxygen atoms in total. The van der Waals surface area contributed by atoms with E-state index in [1.165, 1.54) is 0 Å². The van der Waals surface area contributed by atoms with Crippen molar-refractivity contribution in [3.63, 3.8) is 0 Å². The number of hydrogen-bond donors (Lipinski definition) is 3. The summed E-state index contributed by atoms with van der Waals surface area (Å²) in [5.74, 6) is -1.30. The fourth-order valence-corrected chi connectivity index (χ4v) is 4.70. The van der Waals surface area contributed by atoms with Gasteiger partial charge in [0.25, 0.3) is 0 Å². The molecule has 2 amide bonds. The molecule has 182 valence electrons. The number of thioether (sulfide) groups is 1. The normalized spacial score (nSPS) is 14.9. The van der Waals surface area contributed by atoms with Gasteiger partial charge in [0.05, 0.1) is 0 Å². The molecule has 1 aliphatic rings. The fraction of sp³-hybridized carbons (Fsp3) is 0.423. The third-order valence-electron chi connectivity index (χ3n) is 6.34. The average Bonchev–Trinajstić information content (AvgIpc) is 3.16. The summed E-state index contributed by atoms with van der Waals surface area (Å²) < 4.78 is 5.57. The number of fused-ring (bicyclic) bond motifs is 3. The number of nitrogens with one attached hydrogen (secondary N) is 2. The molecule has 0 bridgehead atoms. The van der Waals surface area contributed by atoms with Crippen LogP contribution in [0.25, 0.3) is 11.1 Å². The van der Waals surface area contributed by atoms with Crippen molar-refractivity contribution in [1.29, 1.82) is 0 Å². The summed E-state index contributed by atoms with van der Waals surface area (Å²) in [6.45, 7) is 3.78. The van der Waals surface area contributed by atoms with Crippen LogP contribution in [0.1, 0.15) is 43.7 Å². The maximum Gasteiger partial charge on any atom is 0.407 e. The summed E-state index contributed by atoms with van der Waals surface area (Å²) in [4.78, 5) is 37.1. The van der Waals surface area contributed by atoms with E-state index in [9.17, 15) is 19.5 Å². The molecule has 0 saturated carbocycles. The predicted molar refractivity (Wildman–Crippen MR) is 134 cm³/mol. The van der Waals surface area contributed by atoms with Crippen molar-refractivity contribution < 1.29 is 24.2 Å². The van der Waals surface area contributed by atoms with Crippen molar-refractivity contribution in [1.82, 2.24) is 10.6 Å². The SMILES string of the molecule is CC[C@H](C)[C@H](NC(=O)[C@@H](CCSC)NC(=O)OCC1c2ccccc2-c2ccccc21)C(=O)O. The highest BCUT2D eigenvalue weighted by Crippen LogP contribution is 2.44. The van der Waals surface area contributed by atoms with Crippen LogP contribution >= 0.6 is 11.8 Å². The molecule has 8 heteroatoms. The quantitative estimate of drug-likeness (QED) is 0.440. The maximum absolute atomic E-state index is 12.9. The van der Waals surface area contributed by atoms with Gasteiger partial charge in [0, 0.05) is 5.92 Å². The Morgan fingerprint density at radius 1 is 1.03 bits per heavy atom.